The Labute approximate surface area is 94.2 Å². The summed E-state index contributed by atoms with van der Waals surface area (Å²) in [5, 5.41) is 28.1. The lowest BCUT2D eigenvalue weighted by molar-refractivity contribution is 0.00387. The predicted octanol–water partition coefficient (Wildman–Crippen LogP) is 0.666. The number of aliphatic hydroxyl groups is 3. The summed E-state index contributed by atoms with van der Waals surface area (Å²) in [7, 11) is 0. The monoisotopic (exact) mass is 224 g/mol. The van der Waals surface area contributed by atoms with Crippen molar-refractivity contribution in [2.75, 3.05) is 6.61 Å². The Bertz CT molecular complexity index is 362. The van der Waals surface area contributed by atoms with Crippen molar-refractivity contribution in [1.82, 2.24) is 0 Å². The van der Waals surface area contributed by atoms with E-state index >= 15 is 0 Å². The number of hydrogen-bond donors (Lipinski definition) is 3. The van der Waals surface area contributed by atoms with Gasteiger partial charge in [-0.3, -0.25) is 4.79 Å². The zero-order chi connectivity index (χ0) is 12.1. The second-order valence-electron chi connectivity index (χ2n) is 3.67. The molecule has 4 heteroatoms. The summed E-state index contributed by atoms with van der Waals surface area (Å²) in [4.78, 5) is 11.3. The fourth-order valence-corrected chi connectivity index (χ4v) is 1.57. The molecule has 3 N–H and O–H groups in total. The van der Waals surface area contributed by atoms with Gasteiger partial charge in [-0.25, -0.2) is 0 Å². The van der Waals surface area contributed by atoms with Crippen molar-refractivity contribution >= 4 is 5.78 Å². The SMILES string of the molecule is CC(=O)c1ccccc1C(O)C(O)CCO. The minimum absolute atomic E-state index is 0.0768. The molecule has 2 atom stereocenters. The third-order valence-electron chi connectivity index (χ3n) is 2.45. The van der Waals surface area contributed by atoms with Gasteiger partial charge >= 0.3 is 0 Å². The van der Waals surface area contributed by atoms with Gasteiger partial charge in [0.25, 0.3) is 0 Å². The number of Topliss-reactive ketones (excluding diaryl/α,β-unsaturated/α-hetero) is 1. The molecule has 16 heavy (non-hydrogen) atoms. The lowest BCUT2D eigenvalue weighted by Crippen LogP contribution is -2.21. The Kier molecular flexibility index (Phi) is 4.61. The van der Waals surface area contributed by atoms with Gasteiger partial charge in [0, 0.05) is 12.2 Å². The van der Waals surface area contributed by atoms with E-state index in [9.17, 15) is 15.0 Å². The number of benzene rings is 1. The zero-order valence-electron chi connectivity index (χ0n) is 9.13. The smallest absolute Gasteiger partial charge is 0.160 e. The van der Waals surface area contributed by atoms with E-state index in [2.05, 4.69) is 0 Å². The molecule has 0 spiro atoms. The van der Waals surface area contributed by atoms with Gasteiger partial charge in [-0.1, -0.05) is 24.3 Å². The maximum absolute atomic E-state index is 11.3. The molecule has 0 heterocycles. The molecule has 0 aliphatic rings. The molecule has 2 unspecified atom stereocenters. The molecule has 0 aliphatic carbocycles. The van der Waals surface area contributed by atoms with Gasteiger partial charge in [-0.2, -0.15) is 0 Å². The average Bonchev–Trinajstić information content (AvgIpc) is 2.28. The van der Waals surface area contributed by atoms with Crippen molar-refractivity contribution in [2.45, 2.75) is 25.6 Å². The summed E-state index contributed by atoms with van der Waals surface area (Å²) >= 11 is 0. The summed E-state index contributed by atoms with van der Waals surface area (Å²) < 4.78 is 0. The number of carbonyl (C=O) groups is 1. The topological polar surface area (TPSA) is 77.8 Å². The number of ketones is 1. The highest BCUT2D eigenvalue weighted by Gasteiger charge is 2.21. The minimum Gasteiger partial charge on any atom is -0.396 e. The third kappa shape index (κ3) is 2.88. The first-order valence-corrected chi connectivity index (χ1v) is 5.14. The van der Waals surface area contributed by atoms with Crippen LogP contribution in [0.25, 0.3) is 0 Å². The van der Waals surface area contributed by atoms with Crippen molar-refractivity contribution < 1.29 is 20.1 Å². The maximum atomic E-state index is 11.3. The molecule has 1 aromatic carbocycles. The van der Waals surface area contributed by atoms with E-state index in [1.807, 2.05) is 0 Å². The third-order valence-corrected chi connectivity index (χ3v) is 2.45. The first kappa shape index (κ1) is 12.8. The molecular formula is C12H16O4. The van der Waals surface area contributed by atoms with Crippen molar-refractivity contribution in [3.05, 3.63) is 35.4 Å². The van der Waals surface area contributed by atoms with Crippen LogP contribution in [-0.4, -0.2) is 33.8 Å². The van der Waals surface area contributed by atoms with E-state index in [0.29, 0.717) is 11.1 Å². The van der Waals surface area contributed by atoms with Crippen LogP contribution in [0.3, 0.4) is 0 Å². The Morgan fingerprint density at radius 2 is 1.94 bits per heavy atom. The maximum Gasteiger partial charge on any atom is 0.160 e. The normalized spacial score (nSPS) is 14.5. The van der Waals surface area contributed by atoms with Crippen LogP contribution in [0.15, 0.2) is 24.3 Å². The minimum atomic E-state index is -1.15. The van der Waals surface area contributed by atoms with E-state index in [0.717, 1.165) is 0 Å². The van der Waals surface area contributed by atoms with Gasteiger partial charge in [-0.05, 0) is 18.9 Å². The van der Waals surface area contributed by atoms with Crippen LogP contribution in [0.5, 0.6) is 0 Å². The molecule has 0 aromatic heterocycles. The van der Waals surface area contributed by atoms with E-state index in [1.165, 1.54) is 6.92 Å². The quantitative estimate of drug-likeness (QED) is 0.642. The molecule has 1 rings (SSSR count). The summed E-state index contributed by atoms with van der Waals surface area (Å²) in [5.41, 5.74) is 0.794. The van der Waals surface area contributed by atoms with E-state index in [4.69, 9.17) is 5.11 Å². The Hall–Kier alpha value is -1.23. The molecule has 0 bridgehead atoms. The molecule has 0 radical (unpaired) electrons. The molecule has 1 aromatic rings. The highest BCUT2D eigenvalue weighted by Crippen LogP contribution is 2.22. The van der Waals surface area contributed by atoms with Gasteiger partial charge in [0.1, 0.15) is 6.10 Å². The summed E-state index contributed by atoms with van der Waals surface area (Å²) in [6.07, 6.45) is -2.13. The van der Waals surface area contributed by atoms with Crippen LogP contribution < -0.4 is 0 Å². The highest BCUT2D eigenvalue weighted by atomic mass is 16.3. The molecule has 0 fully saturated rings. The molecule has 0 saturated heterocycles. The lowest BCUT2D eigenvalue weighted by Gasteiger charge is -2.19. The van der Waals surface area contributed by atoms with Crippen LogP contribution in [0.2, 0.25) is 0 Å². The van der Waals surface area contributed by atoms with E-state index < -0.39 is 12.2 Å². The van der Waals surface area contributed by atoms with Crippen molar-refractivity contribution in [3.63, 3.8) is 0 Å². The van der Waals surface area contributed by atoms with Gasteiger partial charge in [0.2, 0.25) is 0 Å². The van der Waals surface area contributed by atoms with Gasteiger partial charge in [0.05, 0.1) is 6.10 Å². The van der Waals surface area contributed by atoms with Crippen LogP contribution in [0.4, 0.5) is 0 Å². The van der Waals surface area contributed by atoms with Crippen LogP contribution in [0, 0.1) is 0 Å². The Morgan fingerprint density at radius 1 is 1.31 bits per heavy atom. The number of aliphatic hydroxyl groups excluding tert-OH is 3. The van der Waals surface area contributed by atoms with Crippen LogP contribution in [0.1, 0.15) is 35.4 Å². The van der Waals surface area contributed by atoms with Crippen molar-refractivity contribution in [3.8, 4) is 0 Å². The van der Waals surface area contributed by atoms with Gasteiger partial charge < -0.3 is 15.3 Å². The Balaban J connectivity index is 2.98. The summed E-state index contributed by atoms with van der Waals surface area (Å²) in [6, 6.07) is 6.59. The van der Waals surface area contributed by atoms with Crippen LogP contribution in [-0.2, 0) is 0 Å². The first-order chi connectivity index (χ1) is 7.57. The predicted molar refractivity (Wildman–Crippen MR) is 59.1 cm³/mol. The summed E-state index contributed by atoms with van der Waals surface area (Å²) in [6.45, 7) is 1.20. The average molecular weight is 224 g/mol. The number of rotatable bonds is 5. The molecule has 0 aliphatic heterocycles. The number of carbonyl (C=O) groups excluding carboxylic acids is 1. The van der Waals surface area contributed by atoms with Gasteiger partial charge in [-0.15, -0.1) is 0 Å². The van der Waals surface area contributed by atoms with E-state index in [-0.39, 0.29) is 18.8 Å². The van der Waals surface area contributed by atoms with Crippen molar-refractivity contribution in [2.24, 2.45) is 0 Å². The number of hydrogen-bond acceptors (Lipinski definition) is 4. The largest absolute Gasteiger partial charge is 0.396 e. The molecule has 4 nitrogen and oxygen atoms in total. The standard InChI is InChI=1S/C12H16O4/c1-8(14)9-4-2-3-5-10(9)12(16)11(15)6-7-13/h2-5,11-13,15-16H,6-7H2,1H3. The van der Waals surface area contributed by atoms with Crippen LogP contribution >= 0.6 is 0 Å². The zero-order valence-corrected chi connectivity index (χ0v) is 9.13. The fourth-order valence-electron chi connectivity index (χ4n) is 1.57. The lowest BCUT2D eigenvalue weighted by atomic mass is 9.95. The van der Waals surface area contributed by atoms with Gasteiger partial charge in [0.15, 0.2) is 5.78 Å². The van der Waals surface area contributed by atoms with E-state index in [1.54, 1.807) is 24.3 Å². The fraction of sp³-hybridized carbons (Fsp3) is 0.417. The Morgan fingerprint density at radius 3 is 2.50 bits per heavy atom. The molecule has 0 saturated carbocycles. The molecule has 88 valence electrons. The second kappa shape index (κ2) is 5.75. The molecule has 0 amide bonds. The highest BCUT2D eigenvalue weighted by molar-refractivity contribution is 5.95. The second-order valence-corrected chi connectivity index (χ2v) is 3.67. The summed E-state index contributed by atoms with van der Waals surface area (Å²) in [5.74, 6) is -0.161. The molecular weight excluding hydrogens is 208 g/mol. The van der Waals surface area contributed by atoms with Crippen molar-refractivity contribution in [1.29, 1.82) is 0 Å². The first-order valence-electron chi connectivity index (χ1n) is 5.14.